The maximum absolute atomic E-state index is 11.9. The quantitative estimate of drug-likeness (QED) is 0.607. The molecule has 96 valence electrons. The first-order valence-corrected chi connectivity index (χ1v) is 6.16. The average molecular weight is 246 g/mol. The van der Waals surface area contributed by atoms with Crippen LogP contribution >= 0.6 is 0 Å². The first kappa shape index (κ1) is 12.8. The molecule has 1 aliphatic heterocycles. The first-order chi connectivity index (χ1) is 8.57. The monoisotopic (exact) mass is 246 g/mol. The van der Waals surface area contributed by atoms with Crippen molar-refractivity contribution in [3.63, 3.8) is 0 Å². The molecule has 0 radical (unpaired) electrons. The number of rotatable bonds is 3. The summed E-state index contributed by atoms with van der Waals surface area (Å²) >= 11 is 0. The maximum Gasteiger partial charge on any atom is 0.342 e. The summed E-state index contributed by atoms with van der Waals surface area (Å²) in [5.41, 5.74) is 1.12. The predicted molar refractivity (Wildman–Crippen MR) is 69.1 cm³/mol. The fourth-order valence-corrected chi connectivity index (χ4v) is 2.22. The van der Waals surface area contributed by atoms with Crippen LogP contribution in [0.4, 0.5) is 0 Å². The van der Waals surface area contributed by atoms with Crippen LogP contribution in [0.2, 0.25) is 0 Å². The highest BCUT2D eigenvalue weighted by Gasteiger charge is 2.42. The van der Waals surface area contributed by atoms with Gasteiger partial charge in [-0.1, -0.05) is 30.3 Å². The van der Waals surface area contributed by atoms with Crippen LogP contribution in [-0.2, 0) is 14.3 Å². The van der Waals surface area contributed by atoms with Gasteiger partial charge in [-0.25, -0.2) is 4.79 Å². The summed E-state index contributed by atoms with van der Waals surface area (Å²) in [6.07, 6.45) is 1.68. The molecule has 3 nitrogen and oxygen atoms in total. The SMILES string of the molecule is CCOC(=O)C1(C)C=C(C)C(c2ccccc2)O1. The Morgan fingerprint density at radius 3 is 2.67 bits per heavy atom. The molecule has 0 fully saturated rings. The minimum atomic E-state index is -0.972. The highest BCUT2D eigenvalue weighted by atomic mass is 16.6. The van der Waals surface area contributed by atoms with Crippen LogP contribution < -0.4 is 0 Å². The Hall–Kier alpha value is -1.61. The molecule has 0 saturated carbocycles. The van der Waals surface area contributed by atoms with Crippen molar-refractivity contribution in [1.82, 2.24) is 0 Å². The van der Waals surface area contributed by atoms with Crippen LogP contribution in [0.3, 0.4) is 0 Å². The zero-order valence-corrected chi connectivity index (χ0v) is 11.0. The number of esters is 1. The standard InChI is InChI=1S/C15H18O3/c1-4-17-14(16)15(3)10-11(2)13(18-15)12-8-6-5-7-9-12/h5-10,13H,4H2,1-3H3. The molecule has 0 aliphatic carbocycles. The molecule has 0 spiro atoms. The van der Waals surface area contributed by atoms with E-state index in [0.29, 0.717) is 6.61 Å². The Labute approximate surface area is 107 Å². The average Bonchev–Trinajstić information content (AvgIpc) is 2.68. The second-order valence-corrected chi connectivity index (χ2v) is 4.62. The molecule has 1 aromatic rings. The van der Waals surface area contributed by atoms with E-state index in [1.54, 1.807) is 13.8 Å². The van der Waals surface area contributed by atoms with E-state index in [1.807, 2.05) is 43.3 Å². The number of hydrogen-bond donors (Lipinski definition) is 0. The Bertz CT molecular complexity index is 464. The number of carbonyl (C=O) groups excluding carboxylic acids is 1. The molecule has 2 atom stereocenters. The number of hydrogen-bond acceptors (Lipinski definition) is 3. The van der Waals surface area contributed by atoms with Crippen LogP contribution in [-0.4, -0.2) is 18.2 Å². The topological polar surface area (TPSA) is 35.5 Å². The van der Waals surface area contributed by atoms with Gasteiger partial charge < -0.3 is 9.47 Å². The van der Waals surface area contributed by atoms with E-state index < -0.39 is 5.60 Å². The minimum absolute atomic E-state index is 0.166. The largest absolute Gasteiger partial charge is 0.464 e. The van der Waals surface area contributed by atoms with E-state index in [4.69, 9.17) is 9.47 Å². The lowest BCUT2D eigenvalue weighted by Crippen LogP contribution is -2.35. The molecule has 0 N–H and O–H groups in total. The summed E-state index contributed by atoms with van der Waals surface area (Å²) in [6, 6.07) is 9.89. The number of benzene rings is 1. The Balaban J connectivity index is 2.22. The van der Waals surface area contributed by atoms with E-state index >= 15 is 0 Å². The lowest BCUT2D eigenvalue weighted by molar-refractivity contribution is -0.165. The molecular weight excluding hydrogens is 228 g/mol. The van der Waals surface area contributed by atoms with Crippen molar-refractivity contribution in [1.29, 1.82) is 0 Å². The second-order valence-electron chi connectivity index (χ2n) is 4.62. The Morgan fingerprint density at radius 1 is 1.39 bits per heavy atom. The third-order valence-electron chi connectivity index (χ3n) is 3.06. The maximum atomic E-state index is 11.9. The van der Waals surface area contributed by atoms with Crippen LogP contribution in [0, 0.1) is 0 Å². The normalized spacial score (nSPS) is 26.8. The summed E-state index contributed by atoms with van der Waals surface area (Å²) < 4.78 is 10.9. The zero-order valence-electron chi connectivity index (χ0n) is 11.0. The molecule has 2 rings (SSSR count). The molecule has 1 heterocycles. The van der Waals surface area contributed by atoms with E-state index in [-0.39, 0.29) is 12.1 Å². The van der Waals surface area contributed by atoms with E-state index in [2.05, 4.69) is 0 Å². The predicted octanol–water partition coefficient (Wildman–Crippen LogP) is 3.03. The van der Waals surface area contributed by atoms with Crippen molar-refractivity contribution in [2.24, 2.45) is 0 Å². The fraction of sp³-hybridized carbons (Fsp3) is 0.400. The van der Waals surface area contributed by atoms with Crippen molar-refractivity contribution in [2.45, 2.75) is 32.5 Å². The van der Waals surface area contributed by atoms with Gasteiger partial charge in [0.2, 0.25) is 0 Å². The molecule has 0 bridgehead atoms. The molecule has 0 aromatic heterocycles. The minimum Gasteiger partial charge on any atom is -0.464 e. The zero-order chi connectivity index (χ0) is 13.2. The lowest BCUT2D eigenvalue weighted by Gasteiger charge is -2.22. The van der Waals surface area contributed by atoms with Gasteiger partial charge in [0.25, 0.3) is 0 Å². The second kappa shape index (κ2) is 4.94. The fourth-order valence-electron chi connectivity index (χ4n) is 2.22. The lowest BCUT2D eigenvalue weighted by atomic mass is 10.0. The van der Waals surface area contributed by atoms with Gasteiger partial charge in [0.1, 0.15) is 6.10 Å². The molecule has 18 heavy (non-hydrogen) atoms. The van der Waals surface area contributed by atoms with Crippen molar-refractivity contribution in [3.8, 4) is 0 Å². The number of ether oxygens (including phenoxy) is 2. The third-order valence-corrected chi connectivity index (χ3v) is 3.06. The van der Waals surface area contributed by atoms with E-state index in [0.717, 1.165) is 11.1 Å². The van der Waals surface area contributed by atoms with Gasteiger partial charge in [-0.05, 0) is 38.0 Å². The highest BCUT2D eigenvalue weighted by molar-refractivity contribution is 5.82. The smallest absolute Gasteiger partial charge is 0.342 e. The highest BCUT2D eigenvalue weighted by Crippen LogP contribution is 2.39. The van der Waals surface area contributed by atoms with E-state index in [9.17, 15) is 4.79 Å². The molecular formula is C15H18O3. The summed E-state index contributed by atoms with van der Waals surface area (Å²) in [6.45, 7) is 5.88. The Morgan fingerprint density at radius 2 is 2.06 bits per heavy atom. The van der Waals surface area contributed by atoms with Crippen molar-refractivity contribution in [2.75, 3.05) is 6.61 Å². The van der Waals surface area contributed by atoms with Gasteiger partial charge in [0.05, 0.1) is 6.61 Å². The molecule has 1 aromatic carbocycles. The van der Waals surface area contributed by atoms with Gasteiger partial charge in [-0.3, -0.25) is 0 Å². The third kappa shape index (κ3) is 2.31. The molecule has 1 aliphatic rings. The summed E-state index contributed by atoms with van der Waals surface area (Å²) in [4.78, 5) is 11.9. The van der Waals surface area contributed by atoms with Gasteiger partial charge in [-0.2, -0.15) is 0 Å². The van der Waals surface area contributed by atoms with Gasteiger partial charge in [0.15, 0.2) is 5.60 Å². The molecule has 0 saturated heterocycles. The van der Waals surface area contributed by atoms with Gasteiger partial charge in [0, 0.05) is 0 Å². The van der Waals surface area contributed by atoms with Crippen LogP contribution in [0.25, 0.3) is 0 Å². The molecule has 3 heteroatoms. The van der Waals surface area contributed by atoms with Gasteiger partial charge in [-0.15, -0.1) is 0 Å². The van der Waals surface area contributed by atoms with Crippen molar-refractivity contribution >= 4 is 5.97 Å². The first-order valence-electron chi connectivity index (χ1n) is 6.16. The summed E-state index contributed by atoms with van der Waals surface area (Å²) in [5.74, 6) is -0.331. The summed E-state index contributed by atoms with van der Waals surface area (Å²) in [5, 5.41) is 0. The van der Waals surface area contributed by atoms with E-state index in [1.165, 1.54) is 0 Å². The van der Waals surface area contributed by atoms with Crippen molar-refractivity contribution < 1.29 is 14.3 Å². The number of carbonyl (C=O) groups is 1. The van der Waals surface area contributed by atoms with Crippen LogP contribution in [0.1, 0.15) is 32.4 Å². The van der Waals surface area contributed by atoms with Crippen LogP contribution in [0.15, 0.2) is 42.0 Å². The molecule has 0 amide bonds. The van der Waals surface area contributed by atoms with Crippen LogP contribution in [0.5, 0.6) is 0 Å². The summed E-state index contributed by atoms with van der Waals surface area (Å²) in [7, 11) is 0. The molecule has 2 unspecified atom stereocenters. The van der Waals surface area contributed by atoms with Gasteiger partial charge >= 0.3 is 5.97 Å². The van der Waals surface area contributed by atoms with Crippen molar-refractivity contribution in [3.05, 3.63) is 47.5 Å². The Kier molecular flexibility index (Phi) is 3.53.